The molecule has 2 N–H and O–H groups in total. The monoisotopic (exact) mass is 228 g/mol. The van der Waals surface area contributed by atoms with Gasteiger partial charge in [-0.2, -0.15) is 0 Å². The Morgan fingerprint density at radius 2 is 1.88 bits per heavy atom. The molecule has 4 heteroatoms. The zero-order chi connectivity index (χ0) is 12.3. The van der Waals surface area contributed by atoms with Gasteiger partial charge in [-0.15, -0.1) is 0 Å². The molecule has 1 aliphatic rings. The lowest BCUT2D eigenvalue weighted by molar-refractivity contribution is -0.133. The number of hydrogen-bond donors (Lipinski definition) is 2. The van der Waals surface area contributed by atoms with Crippen molar-refractivity contribution in [3.05, 3.63) is 6.92 Å². The van der Waals surface area contributed by atoms with E-state index in [4.69, 9.17) is 0 Å². The highest BCUT2D eigenvalue weighted by Crippen LogP contribution is 2.30. The minimum Gasteiger partial charge on any atom is -0.393 e. The molecule has 0 spiro atoms. The first-order valence-corrected chi connectivity index (χ1v) is 5.87. The molecule has 1 heterocycles. The second-order valence-corrected chi connectivity index (χ2v) is 4.98. The summed E-state index contributed by atoms with van der Waals surface area (Å²) in [6.07, 6.45) is 1.16. The Labute approximate surface area is 97.3 Å². The number of hydrogen-bond acceptors (Lipinski definition) is 3. The van der Waals surface area contributed by atoms with Gasteiger partial charge in [0.2, 0.25) is 5.91 Å². The van der Waals surface area contributed by atoms with Gasteiger partial charge in [0.05, 0.1) is 12.2 Å². The topological polar surface area (TPSA) is 60.8 Å². The maximum Gasteiger partial charge on any atom is 0.223 e. The van der Waals surface area contributed by atoms with Gasteiger partial charge in [-0.05, 0) is 40.0 Å². The van der Waals surface area contributed by atoms with Crippen LogP contribution in [0.2, 0.25) is 0 Å². The van der Waals surface area contributed by atoms with Crippen molar-refractivity contribution in [2.24, 2.45) is 0 Å². The van der Waals surface area contributed by atoms with Gasteiger partial charge in [0, 0.05) is 18.5 Å². The van der Waals surface area contributed by atoms with Crippen molar-refractivity contribution in [2.75, 3.05) is 6.54 Å². The number of carbonyl (C=O) groups is 1. The van der Waals surface area contributed by atoms with Crippen LogP contribution in [-0.2, 0) is 4.79 Å². The van der Waals surface area contributed by atoms with Crippen LogP contribution < -0.4 is 0 Å². The molecule has 2 atom stereocenters. The lowest BCUT2D eigenvalue weighted by Gasteiger charge is -2.40. The number of amides is 1. The predicted octanol–water partition coefficient (Wildman–Crippen LogP) is 0.723. The Morgan fingerprint density at radius 1 is 1.38 bits per heavy atom. The smallest absolute Gasteiger partial charge is 0.223 e. The average Bonchev–Trinajstić information content (AvgIpc) is 2.48. The summed E-state index contributed by atoms with van der Waals surface area (Å²) in [7, 11) is 0. The van der Waals surface area contributed by atoms with Crippen LogP contribution in [0.25, 0.3) is 0 Å². The molecule has 16 heavy (non-hydrogen) atoms. The molecule has 4 nitrogen and oxygen atoms in total. The molecule has 1 saturated heterocycles. The van der Waals surface area contributed by atoms with Crippen LogP contribution in [0.4, 0.5) is 0 Å². The van der Waals surface area contributed by atoms with Crippen LogP contribution >= 0.6 is 0 Å². The Bertz CT molecular complexity index is 241. The van der Waals surface area contributed by atoms with Crippen molar-refractivity contribution in [1.82, 2.24) is 4.90 Å². The summed E-state index contributed by atoms with van der Waals surface area (Å²) in [5.41, 5.74) is -0.671. The van der Waals surface area contributed by atoms with Crippen LogP contribution in [0.5, 0.6) is 0 Å². The van der Waals surface area contributed by atoms with Crippen LogP contribution in [-0.4, -0.2) is 45.3 Å². The van der Waals surface area contributed by atoms with Gasteiger partial charge in [-0.1, -0.05) is 0 Å². The van der Waals surface area contributed by atoms with Crippen molar-refractivity contribution in [1.29, 1.82) is 0 Å². The molecule has 1 fully saturated rings. The summed E-state index contributed by atoms with van der Waals surface area (Å²) in [6, 6.07) is 0. The fraction of sp³-hybridized carbons (Fsp3) is 0.833. The first kappa shape index (κ1) is 13.5. The van der Waals surface area contributed by atoms with Crippen molar-refractivity contribution in [2.45, 2.75) is 57.3 Å². The van der Waals surface area contributed by atoms with Gasteiger partial charge >= 0.3 is 0 Å². The van der Waals surface area contributed by atoms with E-state index in [-0.39, 0.29) is 5.91 Å². The molecule has 1 radical (unpaired) electrons. The van der Waals surface area contributed by atoms with E-state index in [0.29, 0.717) is 25.8 Å². The first-order valence-electron chi connectivity index (χ1n) is 5.87. The molecule has 0 bridgehead atoms. The van der Waals surface area contributed by atoms with Crippen LogP contribution in [0.15, 0.2) is 0 Å². The molecular weight excluding hydrogens is 206 g/mol. The standard InChI is InChI=1S/C12H22NO3/c1-9(14)7-12(3,8-10(2)15)13-6-4-5-11(13)16/h9-10,14-15H,3-8H2,1-2H3. The zero-order valence-corrected chi connectivity index (χ0v) is 10.1. The number of rotatable bonds is 5. The normalized spacial score (nSPS) is 24.3. The van der Waals surface area contributed by atoms with Gasteiger partial charge in [0.25, 0.3) is 0 Å². The SMILES string of the molecule is [CH2]C(CC(C)O)(CC(C)O)N1CCCC1=O. The van der Waals surface area contributed by atoms with E-state index in [0.717, 1.165) is 6.42 Å². The van der Waals surface area contributed by atoms with E-state index >= 15 is 0 Å². The third-order valence-corrected chi connectivity index (χ3v) is 3.00. The summed E-state index contributed by atoms with van der Waals surface area (Å²) in [5, 5.41) is 19.0. The minimum absolute atomic E-state index is 0.0799. The minimum atomic E-state index is -0.671. The number of aliphatic hydroxyl groups excluding tert-OH is 2. The van der Waals surface area contributed by atoms with Gasteiger partial charge in [-0.3, -0.25) is 4.79 Å². The second-order valence-electron chi connectivity index (χ2n) is 4.98. The van der Waals surface area contributed by atoms with Gasteiger partial charge < -0.3 is 15.1 Å². The molecule has 0 aromatic carbocycles. The maximum absolute atomic E-state index is 11.7. The van der Waals surface area contributed by atoms with Crippen molar-refractivity contribution < 1.29 is 15.0 Å². The molecule has 1 aliphatic heterocycles. The van der Waals surface area contributed by atoms with E-state index in [2.05, 4.69) is 6.92 Å². The van der Waals surface area contributed by atoms with Crippen LogP contribution in [0.1, 0.15) is 39.5 Å². The summed E-state index contributed by atoms with van der Waals surface area (Å²) in [5.74, 6) is 0.0799. The largest absolute Gasteiger partial charge is 0.393 e. The van der Waals surface area contributed by atoms with E-state index in [1.807, 2.05) is 0 Å². The Hall–Kier alpha value is -0.610. The maximum atomic E-state index is 11.7. The molecule has 93 valence electrons. The lowest BCUT2D eigenvalue weighted by Crippen LogP contribution is -2.50. The molecule has 1 amide bonds. The fourth-order valence-corrected chi connectivity index (χ4v) is 2.55. The molecule has 0 aliphatic carbocycles. The van der Waals surface area contributed by atoms with Crippen molar-refractivity contribution >= 4 is 5.91 Å². The van der Waals surface area contributed by atoms with Crippen LogP contribution in [0, 0.1) is 6.92 Å². The Morgan fingerprint density at radius 3 is 2.19 bits per heavy atom. The van der Waals surface area contributed by atoms with E-state index in [1.54, 1.807) is 18.7 Å². The van der Waals surface area contributed by atoms with Crippen LogP contribution in [0.3, 0.4) is 0 Å². The van der Waals surface area contributed by atoms with Crippen molar-refractivity contribution in [3.8, 4) is 0 Å². The highest BCUT2D eigenvalue weighted by atomic mass is 16.3. The highest BCUT2D eigenvalue weighted by Gasteiger charge is 2.39. The summed E-state index contributed by atoms with van der Waals surface area (Å²) in [6.45, 7) is 8.12. The van der Waals surface area contributed by atoms with Gasteiger partial charge in [-0.25, -0.2) is 0 Å². The number of carbonyl (C=O) groups excluding carboxylic acids is 1. The fourth-order valence-electron chi connectivity index (χ4n) is 2.55. The third kappa shape index (κ3) is 3.19. The van der Waals surface area contributed by atoms with E-state index in [9.17, 15) is 15.0 Å². The van der Waals surface area contributed by atoms with Crippen molar-refractivity contribution in [3.63, 3.8) is 0 Å². The van der Waals surface area contributed by atoms with Gasteiger partial charge in [0.1, 0.15) is 0 Å². The molecule has 0 aromatic heterocycles. The molecule has 0 saturated carbocycles. The lowest BCUT2D eigenvalue weighted by atomic mass is 9.87. The first-order chi connectivity index (χ1) is 7.35. The Balaban J connectivity index is 2.80. The molecule has 2 unspecified atom stereocenters. The summed E-state index contributed by atoms with van der Waals surface area (Å²) < 4.78 is 0. The quantitative estimate of drug-likeness (QED) is 0.729. The average molecular weight is 228 g/mol. The zero-order valence-electron chi connectivity index (χ0n) is 10.1. The number of nitrogens with zero attached hydrogens (tertiary/aromatic N) is 1. The Kier molecular flexibility index (Phi) is 4.33. The predicted molar refractivity (Wildman–Crippen MR) is 61.6 cm³/mol. The number of aliphatic hydroxyl groups is 2. The third-order valence-electron chi connectivity index (χ3n) is 3.00. The number of likely N-dealkylation sites (tertiary alicyclic amines) is 1. The molecule has 0 aromatic rings. The summed E-state index contributed by atoms with van der Waals surface area (Å²) in [4.78, 5) is 13.4. The highest BCUT2D eigenvalue weighted by molar-refractivity contribution is 5.79. The second kappa shape index (κ2) is 5.15. The summed E-state index contributed by atoms with van der Waals surface area (Å²) >= 11 is 0. The van der Waals surface area contributed by atoms with E-state index < -0.39 is 17.7 Å². The molecular formula is C12H22NO3. The molecule has 1 rings (SSSR count). The van der Waals surface area contributed by atoms with E-state index in [1.165, 1.54) is 0 Å². The van der Waals surface area contributed by atoms with Gasteiger partial charge in [0.15, 0.2) is 0 Å².